The molecule has 2 atom stereocenters. The summed E-state index contributed by atoms with van der Waals surface area (Å²) >= 11 is 0. The third kappa shape index (κ3) is 2.20. The molecular formula is C13H18N4. The molecule has 0 spiro atoms. The van der Waals surface area contributed by atoms with Gasteiger partial charge in [-0.25, -0.2) is 4.98 Å². The van der Waals surface area contributed by atoms with E-state index in [1.807, 2.05) is 12.5 Å². The fraction of sp³-hybridized carbons (Fsp3) is 0.692. The first-order valence-corrected chi connectivity index (χ1v) is 6.52. The number of hydrogen-bond donors (Lipinski definition) is 1. The van der Waals surface area contributed by atoms with Gasteiger partial charge in [-0.3, -0.25) is 0 Å². The summed E-state index contributed by atoms with van der Waals surface area (Å²) in [6, 6.07) is 3.47. The number of nitrogens with one attached hydrogen (secondary N) is 1. The Morgan fingerprint density at radius 2 is 2.29 bits per heavy atom. The number of nitrogens with zero attached hydrogens (tertiary/aromatic N) is 3. The molecule has 0 bridgehead atoms. The summed E-state index contributed by atoms with van der Waals surface area (Å²) in [5, 5.41) is 12.6. The quantitative estimate of drug-likeness (QED) is 0.860. The van der Waals surface area contributed by atoms with Crippen LogP contribution in [0.1, 0.15) is 43.8 Å². The lowest BCUT2D eigenvalue weighted by Gasteiger charge is -2.16. The molecule has 1 aromatic heterocycles. The van der Waals surface area contributed by atoms with Crippen molar-refractivity contribution in [1.29, 1.82) is 5.26 Å². The summed E-state index contributed by atoms with van der Waals surface area (Å²) in [4.78, 5) is 4.23. The van der Waals surface area contributed by atoms with E-state index in [0.717, 1.165) is 19.4 Å². The van der Waals surface area contributed by atoms with Gasteiger partial charge >= 0.3 is 0 Å². The molecule has 0 saturated heterocycles. The van der Waals surface area contributed by atoms with E-state index in [2.05, 4.69) is 20.9 Å². The highest BCUT2D eigenvalue weighted by atomic mass is 15.1. The molecule has 0 radical (unpaired) electrons. The zero-order chi connectivity index (χ0) is 11.7. The average molecular weight is 230 g/mol. The van der Waals surface area contributed by atoms with Crippen molar-refractivity contribution in [3.8, 4) is 6.07 Å². The predicted molar refractivity (Wildman–Crippen MR) is 64.1 cm³/mol. The average Bonchev–Trinajstić information content (AvgIpc) is 2.93. The van der Waals surface area contributed by atoms with Crippen LogP contribution in [-0.2, 0) is 6.54 Å². The summed E-state index contributed by atoms with van der Waals surface area (Å²) in [5.41, 5.74) is 1.26. The minimum absolute atomic E-state index is 0.201. The van der Waals surface area contributed by atoms with Crippen molar-refractivity contribution in [2.24, 2.45) is 5.92 Å². The maximum absolute atomic E-state index is 9.04. The predicted octanol–water partition coefficient (Wildman–Crippen LogP) is 2.00. The van der Waals surface area contributed by atoms with Gasteiger partial charge < -0.3 is 9.88 Å². The van der Waals surface area contributed by atoms with Crippen LogP contribution in [-0.4, -0.2) is 15.6 Å². The topological polar surface area (TPSA) is 53.6 Å². The van der Waals surface area contributed by atoms with E-state index in [1.165, 1.54) is 25.0 Å². The Labute approximate surface area is 102 Å². The monoisotopic (exact) mass is 230 g/mol. The molecule has 0 amide bonds. The third-order valence-corrected chi connectivity index (χ3v) is 3.91. The number of aromatic nitrogens is 2. The van der Waals surface area contributed by atoms with Gasteiger partial charge in [0, 0.05) is 24.8 Å². The fourth-order valence-electron chi connectivity index (χ4n) is 2.74. The number of nitriles is 1. The van der Waals surface area contributed by atoms with Crippen molar-refractivity contribution in [3.05, 3.63) is 18.2 Å². The van der Waals surface area contributed by atoms with Crippen LogP contribution in [0.15, 0.2) is 12.5 Å². The number of rotatable bonds is 4. The van der Waals surface area contributed by atoms with E-state index < -0.39 is 0 Å². The van der Waals surface area contributed by atoms with Gasteiger partial charge in [0.05, 0.1) is 24.0 Å². The van der Waals surface area contributed by atoms with Crippen LogP contribution in [0.5, 0.6) is 0 Å². The molecule has 4 heteroatoms. The number of hydrogen-bond acceptors (Lipinski definition) is 3. The summed E-state index contributed by atoms with van der Waals surface area (Å²) in [7, 11) is 0. The SMILES string of the molecule is N#CC1CCCC1NCc1cncn1C1CC1. The van der Waals surface area contributed by atoms with E-state index in [-0.39, 0.29) is 5.92 Å². The summed E-state index contributed by atoms with van der Waals surface area (Å²) < 4.78 is 2.28. The second kappa shape index (κ2) is 4.50. The summed E-state index contributed by atoms with van der Waals surface area (Å²) in [6.07, 6.45) is 9.82. The molecule has 1 aromatic rings. The minimum atomic E-state index is 0.201. The molecule has 2 fully saturated rings. The molecule has 0 aliphatic heterocycles. The molecule has 90 valence electrons. The molecule has 3 rings (SSSR count). The minimum Gasteiger partial charge on any atom is -0.330 e. The van der Waals surface area contributed by atoms with Gasteiger partial charge in [0.15, 0.2) is 0 Å². The van der Waals surface area contributed by atoms with Crippen LogP contribution in [0.4, 0.5) is 0 Å². The van der Waals surface area contributed by atoms with Crippen molar-refractivity contribution in [2.75, 3.05) is 0 Å². The van der Waals surface area contributed by atoms with E-state index in [4.69, 9.17) is 5.26 Å². The van der Waals surface area contributed by atoms with Crippen molar-refractivity contribution >= 4 is 0 Å². The smallest absolute Gasteiger partial charge is 0.0951 e. The van der Waals surface area contributed by atoms with Gasteiger partial charge in [0.1, 0.15) is 0 Å². The van der Waals surface area contributed by atoms with Gasteiger partial charge in [-0.05, 0) is 25.7 Å². The lowest BCUT2D eigenvalue weighted by Crippen LogP contribution is -2.31. The van der Waals surface area contributed by atoms with Crippen LogP contribution in [0, 0.1) is 17.2 Å². The molecule has 1 heterocycles. The lowest BCUT2D eigenvalue weighted by molar-refractivity contribution is 0.455. The normalized spacial score (nSPS) is 28.2. The lowest BCUT2D eigenvalue weighted by atomic mass is 10.1. The van der Waals surface area contributed by atoms with Gasteiger partial charge in [-0.15, -0.1) is 0 Å². The van der Waals surface area contributed by atoms with E-state index in [0.29, 0.717) is 12.1 Å². The zero-order valence-electron chi connectivity index (χ0n) is 9.97. The number of imidazole rings is 1. The first-order valence-electron chi connectivity index (χ1n) is 6.52. The van der Waals surface area contributed by atoms with Gasteiger partial charge in [-0.1, -0.05) is 6.42 Å². The van der Waals surface area contributed by atoms with Crippen molar-refractivity contribution in [2.45, 2.75) is 50.7 Å². The Hall–Kier alpha value is -1.34. The second-order valence-electron chi connectivity index (χ2n) is 5.18. The Bertz CT molecular complexity index is 427. The van der Waals surface area contributed by atoms with Crippen molar-refractivity contribution < 1.29 is 0 Å². The van der Waals surface area contributed by atoms with Crippen LogP contribution < -0.4 is 5.32 Å². The first-order chi connectivity index (χ1) is 8.38. The molecule has 2 unspecified atom stereocenters. The Balaban J connectivity index is 1.60. The first kappa shape index (κ1) is 10.8. The maximum Gasteiger partial charge on any atom is 0.0951 e. The van der Waals surface area contributed by atoms with E-state index in [9.17, 15) is 0 Å². The Kier molecular flexibility index (Phi) is 2.86. The fourth-order valence-corrected chi connectivity index (χ4v) is 2.74. The maximum atomic E-state index is 9.04. The Morgan fingerprint density at radius 1 is 1.41 bits per heavy atom. The third-order valence-electron chi connectivity index (χ3n) is 3.91. The molecule has 17 heavy (non-hydrogen) atoms. The standard InChI is InChI=1S/C13H18N4/c14-6-10-2-1-3-13(10)16-8-12-7-15-9-17(12)11-4-5-11/h7,9-11,13,16H,1-5,8H2. The molecule has 2 aliphatic carbocycles. The summed E-state index contributed by atoms with van der Waals surface area (Å²) in [6.45, 7) is 0.847. The van der Waals surface area contributed by atoms with E-state index >= 15 is 0 Å². The van der Waals surface area contributed by atoms with Crippen molar-refractivity contribution in [3.63, 3.8) is 0 Å². The van der Waals surface area contributed by atoms with Gasteiger partial charge in [0.2, 0.25) is 0 Å². The van der Waals surface area contributed by atoms with E-state index in [1.54, 1.807) is 0 Å². The molecule has 1 N–H and O–H groups in total. The molecule has 0 aromatic carbocycles. The highest BCUT2D eigenvalue weighted by Gasteiger charge is 2.28. The molecule has 2 saturated carbocycles. The van der Waals surface area contributed by atoms with Crippen LogP contribution in [0.3, 0.4) is 0 Å². The van der Waals surface area contributed by atoms with Crippen LogP contribution in [0.25, 0.3) is 0 Å². The second-order valence-corrected chi connectivity index (χ2v) is 5.18. The summed E-state index contributed by atoms with van der Waals surface area (Å²) in [5.74, 6) is 0.201. The van der Waals surface area contributed by atoms with Gasteiger partial charge in [0.25, 0.3) is 0 Å². The highest BCUT2D eigenvalue weighted by Crippen LogP contribution is 2.35. The van der Waals surface area contributed by atoms with Crippen LogP contribution in [0.2, 0.25) is 0 Å². The highest BCUT2D eigenvalue weighted by molar-refractivity contribution is 5.05. The molecule has 2 aliphatic rings. The molecular weight excluding hydrogens is 212 g/mol. The molecule has 4 nitrogen and oxygen atoms in total. The van der Waals surface area contributed by atoms with Gasteiger partial charge in [-0.2, -0.15) is 5.26 Å². The zero-order valence-corrected chi connectivity index (χ0v) is 9.97. The largest absolute Gasteiger partial charge is 0.330 e. The Morgan fingerprint density at radius 3 is 3.06 bits per heavy atom. The van der Waals surface area contributed by atoms with Crippen LogP contribution >= 0.6 is 0 Å². The van der Waals surface area contributed by atoms with Crippen molar-refractivity contribution in [1.82, 2.24) is 14.9 Å².